The summed E-state index contributed by atoms with van der Waals surface area (Å²) in [6.07, 6.45) is 13.2. The molecule has 2 nitrogen and oxygen atoms in total. The third kappa shape index (κ3) is 14.3. The van der Waals surface area contributed by atoms with Gasteiger partial charge in [0.25, 0.3) is 0 Å². The van der Waals surface area contributed by atoms with E-state index in [-0.39, 0.29) is 6.61 Å². The van der Waals surface area contributed by atoms with Crippen LogP contribution < -0.4 is 0 Å². The highest BCUT2D eigenvalue weighted by atomic mass is 32.2. The topological polar surface area (TPSA) is 40.5 Å². The molecule has 0 aliphatic heterocycles. The molecule has 1 unspecified atom stereocenters. The molecule has 0 aromatic heterocycles. The first-order valence-corrected chi connectivity index (χ1v) is 8.83. The number of aliphatic hydroxyl groups is 2. The van der Waals surface area contributed by atoms with Crippen LogP contribution in [0, 0.1) is 0 Å². The van der Waals surface area contributed by atoms with Crippen LogP contribution in [0.1, 0.15) is 71.1 Å². The molecule has 0 aliphatic carbocycles. The Morgan fingerprint density at radius 3 is 1.83 bits per heavy atom. The monoisotopic (exact) mass is 276 g/mol. The number of hydrogen-bond acceptors (Lipinski definition) is 3. The smallest absolute Gasteiger partial charge is 0.0861 e. The summed E-state index contributed by atoms with van der Waals surface area (Å²) in [5, 5.41) is 17.8. The molecule has 0 aromatic rings. The van der Waals surface area contributed by atoms with Crippen molar-refractivity contribution in [2.45, 2.75) is 77.2 Å². The molecule has 0 fully saturated rings. The quantitative estimate of drug-likeness (QED) is 0.471. The standard InChI is InChI=1S/C15H32O2S/c1-2-3-4-5-6-7-8-9-10-11-12-18-14-15(17)13-16/h15-17H,2-14H2,1H3. The van der Waals surface area contributed by atoms with Crippen LogP contribution in [0.15, 0.2) is 0 Å². The Bertz CT molecular complexity index is 153. The van der Waals surface area contributed by atoms with Crippen LogP contribution in [0.5, 0.6) is 0 Å². The van der Waals surface area contributed by atoms with E-state index >= 15 is 0 Å². The second kappa shape index (κ2) is 15.3. The van der Waals surface area contributed by atoms with Crippen molar-refractivity contribution < 1.29 is 10.2 Å². The van der Waals surface area contributed by atoms with Crippen LogP contribution in [0.3, 0.4) is 0 Å². The highest BCUT2D eigenvalue weighted by Crippen LogP contribution is 2.12. The van der Waals surface area contributed by atoms with Crippen LogP contribution in [0.2, 0.25) is 0 Å². The molecule has 0 saturated carbocycles. The minimum Gasteiger partial charge on any atom is -0.394 e. The van der Waals surface area contributed by atoms with Crippen molar-refractivity contribution in [2.75, 3.05) is 18.1 Å². The van der Waals surface area contributed by atoms with Crippen molar-refractivity contribution in [3.05, 3.63) is 0 Å². The van der Waals surface area contributed by atoms with Gasteiger partial charge in [-0.3, -0.25) is 0 Å². The van der Waals surface area contributed by atoms with E-state index in [4.69, 9.17) is 10.2 Å². The molecule has 0 aliphatic rings. The van der Waals surface area contributed by atoms with Crippen LogP contribution in [-0.2, 0) is 0 Å². The van der Waals surface area contributed by atoms with E-state index in [0.29, 0.717) is 5.75 Å². The lowest BCUT2D eigenvalue weighted by Gasteiger charge is -2.06. The molecule has 0 heterocycles. The number of rotatable bonds is 14. The van der Waals surface area contributed by atoms with Gasteiger partial charge in [0, 0.05) is 5.75 Å². The highest BCUT2D eigenvalue weighted by Gasteiger charge is 2.00. The fraction of sp³-hybridized carbons (Fsp3) is 1.00. The second-order valence-electron chi connectivity index (χ2n) is 5.09. The van der Waals surface area contributed by atoms with Crippen molar-refractivity contribution in [2.24, 2.45) is 0 Å². The van der Waals surface area contributed by atoms with Gasteiger partial charge in [-0.2, -0.15) is 11.8 Å². The zero-order chi connectivity index (χ0) is 13.5. The number of unbranched alkanes of at least 4 members (excludes halogenated alkanes) is 9. The number of hydrogen-bond donors (Lipinski definition) is 2. The minimum absolute atomic E-state index is 0.106. The van der Waals surface area contributed by atoms with E-state index in [9.17, 15) is 0 Å². The van der Waals surface area contributed by atoms with E-state index in [1.807, 2.05) is 0 Å². The van der Waals surface area contributed by atoms with Crippen molar-refractivity contribution in [1.29, 1.82) is 0 Å². The normalized spacial score (nSPS) is 12.8. The molecular weight excluding hydrogens is 244 g/mol. The summed E-state index contributed by atoms with van der Waals surface area (Å²) in [6.45, 7) is 2.16. The van der Waals surface area contributed by atoms with Gasteiger partial charge in [-0.1, -0.05) is 64.7 Å². The van der Waals surface area contributed by atoms with Gasteiger partial charge >= 0.3 is 0 Å². The second-order valence-corrected chi connectivity index (χ2v) is 6.24. The first kappa shape index (κ1) is 18.3. The summed E-state index contributed by atoms with van der Waals surface area (Å²) in [4.78, 5) is 0. The molecule has 0 spiro atoms. The Morgan fingerprint density at radius 2 is 1.33 bits per heavy atom. The van der Waals surface area contributed by atoms with Crippen molar-refractivity contribution in [1.82, 2.24) is 0 Å². The zero-order valence-corrected chi connectivity index (χ0v) is 12.9. The van der Waals surface area contributed by atoms with Crippen LogP contribution in [-0.4, -0.2) is 34.4 Å². The first-order valence-electron chi connectivity index (χ1n) is 7.68. The third-order valence-electron chi connectivity index (χ3n) is 3.16. The molecule has 2 N–H and O–H groups in total. The van der Waals surface area contributed by atoms with Gasteiger partial charge in [0.2, 0.25) is 0 Å². The number of aliphatic hydroxyl groups excluding tert-OH is 2. The van der Waals surface area contributed by atoms with E-state index in [0.717, 1.165) is 5.75 Å². The molecule has 1 atom stereocenters. The lowest BCUT2D eigenvalue weighted by Crippen LogP contribution is -2.14. The van der Waals surface area contributed by atoms with Gasteiger partial charge in [-0.25, -0.2) is 0 Å². The largest absolute Gasteiger partial charge is 0.394 e. The number of thioether (sulfide) groups is 1. The SMILES string of the molecule is CCCCCCCCCCCCSCC(O)CO. The molecule has 0 bridgehead atoms. The van der Waals surface area contributed by atoms with E-state index in [1.165, 1.54) is 64.2 Å². The average molecular weight is 276 g/mol. The molecule has 18 heavy (non-hydrogen) atoms. The Kier molecular flexibility index (Phi) is 15.6. The Hall–Kier alpha value is 0.270. The lowest BCUT2D eigenvalue weighted by atomic mass is 10.1. The molecule has 3 heteroatoms. The summed E-state index contributed by atoms with van der Waals surface area (Å²) in [6, 6.07) is 0. The van der Waals surface area contributed by atoms with Crippen molar-refractivity contribution in [3.8, 4) is 0 Å². The average Bonchev–Trinajstić information content (AvgIpc) is 2.39. The first-order chi connectivity index (χ1) is 8.81. The Morgan fingerprint density at radius 1 is 0.833 bits per heavy atom. The lowest BCUT2D eigenvalue weighted by molar-refractivity contribution is 0.113. The maximum atomic E-state index is 9.15. The maximum absolute atomic E-state index is 9.15. The molecular formula is C15H32O2S. The van der Waals surface area contributed by atoms with Crippen molar-refractivity contribution >= 4 is 11.8 Å². The Balaban J connectivity index is 2.94. The maximum Gasteiger partial charge on any atom is 0.0861 e. The van der Waals surface area contributed by atoms with Gasteiger partial charge in [-0.05, 0) is 12.2 Å². The van der Waals surface area contributed by atoms with Gasteiger partial charge in [0.1, 0.15) is 0 Å². The van der Waals surface area contributed by atoms with Crippen molar-refractivity contribution in [3.63, 3.8) is 0 Å². The van der Waals surface area contributed by atoms with Gasteiger partial charge in [0.05, 0.1) is 12.7 Å². The predicted molar refractivity (Wildman–Crippen MR) is 82.3 cm³/mol. The summed E-state index contributed by atoms with van der Waals surface area (Å²) in [5.74, 6) is 1.79. The van der Waals surface area contributed by atoms with Gasteiger partial charge in [-0.15, -0.1) is 0 Å². The van der Waals surface area contributed by atoms with E-state index in [1.54, 1.807) is 11.8 Å². The minimum atomic E-state index is -0.530. The van der Waals surface area contributed by atoms with E-state index in [2.05, 4.69) is 6.92 Å². The predicted octanol–water partition coefficient (Wildman–Crippen LogP) is 3.99. The van der Waals surface area contributed by atoms with Crippen LogP contribution in [0.4, 0.5) is 0 Å². The molecule has 0 rings (SSSR count). The highest BCUT2D eigenvalue weighted by molar-refractivity contribution is 7.99. The molecule has 0 radical (unpaired) electrons. The van der Waals surface area contributed by atoms with Crippen LogP contribution >= 0.6 is 11.8 Å². The molecule has 0 saturated heterocycles. The van der Waals surface area contributed by atoms with Gasteiger partial charge < -0.3 is 10.2 Å². The van der Waals surface area contributed by atoms with E-state index < -0.39 is 6.10 Å². The zero-order valence-electron chi connectivity index (χ0n) is 12.1. The fourth-order valence-electron chi connectivity index (χ4n) is 1.96. The third-order valence-corrected chi connectivity index (χ3v) is 4.36. The summed E-state index contributed by atoms with van der Waals surface area (Å²) in [7, 11) is 0. The summed E-state index contributed by atoms with van der Waals surface area (Å²) < 4.78 is 0. The fourth-order valence-corrected chi connectivity index (χ4v) is 2.92. The van der Waals surface area contributed by atoms with Gasteiger partial charge in [0.15, 0.2) is 0 Å². The summed E-state index contributed by atoms with van der Waals surface area (Å²) in [5.41, 5.74) is 0. The molecule has 0 aromatic carbocycles. The molecule has 0 amide bonds. The molecule has 110 valence electrons. The Labute approximate surface area is 118 Å². The summed E-state index contributed by atoms with van der Waals surface area (Å²) >= 11 is 1.75. The van der Waals surface area contributed by atoms with Crippen LogP contribution in [0.25, 0.3) is 0 Å².